The molecule has 0 aromatic heterocycles. The second kappa shape index (κ2) is 10.9. The van der Waals surface area contributed by atoms with Crippen LogP contribution in [0.15, 0.2) is 54.6 Å². The number of unbranched alkanes of at least 4 members (excludes halogenated alkanes) is 2. The molecule has 1 nitrogen and oxygen atoms in total. The van der Waals surface area contributed by atoms with Crippen molar-refractivity contribution < 1.29 is 0 Å². The molecule has 0 bridgehead atoms. The normalized spacial score (nSPS) is 12.1. The molecule has 0 saturated carbocycles. The maximum absolute atomic E-state index is 3.69. The van der Waals surface area contributed by atoms with Crippen molar-refractivity contribution in [3.8, 4) is 0 Å². The highest BCUT2D eigenvalue weighted by molar-refractivity contribution is 5.52. The summed E-state index contributed by atoms with van der Waals surface area (Å²) in [6.45, 7) is 5.64. The number of hydrogen-bond donors (Lipinski definition) is 1. The summed E-state index contributed by atoms with van der Waals surface area (Å²) in [5.41, 5.74) is 4.28. The van der Waals surface area contributed by atoms with Gasteiger partial charge in [-0.1, -0.05) is 81.6 Å². The van der Waals surface area contributed by atoms with E-state index in [2.05, 4.69) is 73.8 Å². The van der Waals surface area contributed by atoms with Crippen LogP contribution in [-0.2, 0) is 6.42 Å². The Bertz CT molecular complexity index is 561. The molecule has 1 unspecified atom stereocenters. The number of rotatable bonds is 11. The third-order valence-corrected chi connectivity index (χ3v) is 4.85. The first-order chi connectivity index (χ1) is 11.8. The number of benzene rings is 2. The van der Waals surface area contributed by atoms with Crippen LogP contribution in [0.5, 0.6) is 0 Å². The van der Waals surface area contributed by atoms with Gasteiger partial charge in [-0.3, -0.25) is 0 Å². The van der Waals surface area contributed by atoms with E-state index in [1.807, 2.05) is 0 Å². The molecule has 0 saturated heterocycles. The van der Waals surface area contributed by atoms with Crippen molar-refractivity contribution in [2.24, 2.45) is 0 Å². The van der Waals surface area contributed by atoms with Crippen LogP contribution >= 0.6 is 0 Å². The lowest BCUT2D eigenvalue weighted by Gasteiger charge is -2.20. The maximum Gasteiger partial charge on any atom is 0.0375 e. The number of hydrogen-bond acceptors (Lipinski definition) is 1. The molecule has 0 radical (unpaired) electrons. The molecule has 1 heteroatoms. The first-order valence-electron chi connectivity index (χ1n) is 9.71. The Morgan fingerprint density at radius 2 is 1.58 bits per heavy atom. The van der Waals surface area contributed by atoms with E-state index in [0.717, 1.165) is 13.0 Å². The maximum atomic E-state index is 3.69. The van der Waals surface area contributed by atoms with Crippen LogP contribution in [0.3, 0.4) is 0 Å². The predicted octanol–water partition coefficient (Wildman–Crippen LogP) is 6.81. The lowest BCUT2D eigenvalue weighted by atomic mass is 9.89. The fraction of sp³-hybridized carbons (Fsp3) is 0.478. The van der Waals surface area contributed by atoms with Crippen molar-refractivity contribution in [1.29, 1.82) is 0 Å². The van der Waals surface area contributed by atoms with E-state index in [-0.39, 0.29) is 0 Å². The Kier molecular flexibility index (Phi) is 8.45. The molecule has 130 valence electrons. The monoisotopic (exact) mass is 323 g/mol. The van der Waals surface area contributed by atoms with Gasteiger partial charge in [-0.15, -0.1) is 0 Å². The minimum absolute atomic E-state index is 0.689. The Morgan fingerprint density at radius 1 is 0.833 bits per heavy atom. The van der Waals surface area contributed by atoms with E-state index in [4.69, 9.17) is 0 Å². The topological polar surface area (TPSA) is 12.0 Å². The van der Waals surface area contributed by atoms with E-state index in [1.165, 1.54) is 55.3 Å². The summed E-state index contributed by atoms with van der Waals surface area (Å²) in [6.07, 6.45) is 8.85. The average molecular weight is 324 g/mol. The van der Waals surface area contributed by atoms with Crippen molar-refractivity contribution in [2.45, 2.75) is 64.7 Å². The molecule has 0 aliphatic rings. The highest BCUT2D eigenvalue weighted by atomic mass is 14.9. The number of anilines is 1. The highest BCUT2D eigenvalue weighted by Crippen LogP contribution is 2.31. The van der Waals surface area contributed by atoms with Gasteiger partial charge in [0, 0.05) is 12.2 Å². The number of aryl methyl sites for hydroxylation is 1. The number of para-hydroxylation sites is 1. The summed E-state index contributed by atoms with van der Waals surface area (Å²) in [5, 5.41) is 3.69. The molecule has 1 N–H and O–H groups in total. The lowest BCUT2D eigenvalue weighted by Crippen LogP contribution is -2.08. The third kappa shape index (κ3) is 6.03. The second-order valence-corrected chi connectivity index (χ2v) is 6.70. The Labute approximate surface area is 148 Å². The summed E-state index contributed by atoms with van der Waals surface area (Å²) in [4.78, 5) is 0. The van der Waals surface area contributed by atoms with Gasteiger partial charge in [0.05, 0.1) is 0 Å². The Hall–Kier alpha value is -1.76. The van der Waals surface area contributed by atoms with Gasteiger partial charge in [-0.05, 0) is 48.8 Å². The lowest BCUT2D eigenvalue weighted by molar-refractivity contribution is 0.554. The minimum atomic E-state index is 0.689. The third-order valence-electron chi connectivity index (χ3n) is 4.85. The van der Waals surface area contributed by atoms with Crippen molar-refractivity contribution in [1.82, 2.24) is 0 Å². The quantitative estimate of drug-likeness (QED) is 0.448. The van der Waals surface area contributed by atoms with Gasteiger partial charge in [0.15, 0.2) is 0 Å². The van der Waals surface area contributed by atoms with Gasteiger partial charge in [-0.2, -0.15) is 0 Å². The molecule has 0 heterocycles. The Balaban J connectivity index is 1.87. The molecular formula is C23H33N. The van der Waals surface area contributed by atoms with Crippen LogP contribution in [0.1, 0.15) is 69.4 Å². The van der Waals surface area contributed by atoms with Gasteiger partial charge in [0.1, 0.15) is 0 Å². The van der Waals surface area contributed by atoms with E-state index in [0.29, 0.717) is 5.92 Å². The van der Waals surface area contributed by atoms with Crippen LogP contribution in [-0.4, -0.2) is 6.54 Å². The van der Waals surface area contributed by atoms with Gasteiger partial charge in [0.25, 0.3) is 0 Å². The molecule has 0 aliphatic heterocycles. The molecule has 0 fully saturated rings. The zero-order chi connectivity index (χ0) is 17.0. The smallest absolute Gasteiger partial charge is 0.0375 e. The first kappa shape index (κ1) is 18.6. The highest BCUT2D eigenvalue weighted by Gasteiger charge is 2.12. The largest absolute Gasteiger partial charge is 0.385 e. The standard InChI is InChI=1S/C23H33N/c1-3-5-7-16-21(4-2)22-17-10-11-18-23(22)24-19-12-15-20-13-8-6-9-14-20/h6,8-11,13-14,17-18,21,24H,3-5,7,12,15-16,19H2,1-2H3. The molecule has 1 atom stereocenters. The van der Waals surface area contributed by atoms with Crippen molar-refractivity contribution in [3.63, 3.8) is 0 Å². The summed E-state index contributed by atoms with van der Waals surface area (Å²) in [7, 11) is 0. The molecular weight excluding hydrogens is 290 g/mol. The van der Waals surface area contributed by atoms with Gasteiger partial charge < -0.3 is 5.32 Å². The average Bonchev–Trinajstić information content (AvgIpc) is 2.64. The van der Waals surface area contributed by atoms with E-state index < -0.39 is 0 Å². The first-order valence-corrected chi connectivity index (χ1v) is 9.71. The molecule has 0 amide bonds. The van der Waals surface area contributed by atoms with Crippen LogP contribution < -0.4 is 5.32 Å². The zero-order valence-electron chi connectivity index (χ0n) is 15.4. The SMILES string of the molecule is CCCCCC(CC)c1ccccc1NCCCc1ccccc1. The molecule has 24 heavy (non-hydrogen) atoms. The Morgan fingerprint density at radius 3 is 2.33 bits per heavy atom. The predicted molar refractivity (Wildman–Crippen MR) is 107 cm³/mol. The van der Waals surface area contributed by atoms with Gasteiger partial charge in [0.2, 0.25) is 0 Å². The van der Waals surface area contributed by atoms with E-state index in [1.54, 1.807) is 0 Å². The molecule has 0 aliphatic carbocycles. The van der Waals surface area contributed by atoms with E-state index in [9.17, 15) is 0 Å². The van der Waals surface area contributed by atoms with E-state index >= 15 is 0 Å². The zero-order valence-corrected chi connectivity index (χ0v) is 15.4. The molecule has 2 rings (SSSR count). The minimum Gasteiger partial charge on any atom is -0.385 e. The molecule has 0 spiro atoms. The van der Waals surface area contributed by atoms with Crippen molar-refractivity contribution >= 4 is 5.69 Å². The molecule has 2 aromatic rings. The van der Waals surface area contributed by atoms with Crippen LogP contribution in [0.2, 0.25) is 0 Å². The number of nitrogens with one attached hydrogen (secondary N) is 1. The summed E-state index contributed by atoms with van der Waals surface area (Å²) >= 11 is 0. The van der Waals surface area contributed by atoms with Gasteiger partial charge >= 0.3 is 0 Å². The summed E-state index contributed by atoms with van der Waals surface area (Å²) in [6, 6.07) is 19.7. The molecule has 2 aromatic carbocycles. The fourth-order valence-electron chi connectivity index (χ4n) is 3.39. The van der Waals surface area contributed by atoms with Crippen molar-refractivity contribution in [3.05, 3.63) is 65.7 Å². The van der Waals surface area contributed by atoms with Crippen LogP contribution in [0, 0.1) is 0 Å². The van der Waals surface area contributed by atoms with Crippen LogP contribution in [0.4, 0.5) is 5.69 Å². The van der Waals surface area contributed by atoms with Gasteiger partial charge in [-0.25, -0.2) is 0 Å². The fourth-order valence-corrected chi connectivity index (χ4v) is 3.39. The van der Waals surface area contributed by atoms with Crippen LogP contribution in [0.25, 0.3) is 0 Å². The van der Waals surface area contributed by atoms with Crippen molar-refractivity contribution in [2.75, 3.05) is 11.9 Å². The summed E-state index contributed by atoms with van der Waals surface area (Å²) < 4.78 is 0. The second-order valence-electron chi connectivity index (χ2n) is 6.70. The summed E-state index contributed by atoms with van der Waals surface area (Å²) in [5.74, 6) is 0.689.